The van der Waals surface area contributed by atoms with Crippen LogP contribution in [0.15, 0.2) is 73.8 Å². The number of nitrogens with one attached hydrogen (secondary N) is 1. The molecule has 158 valence electrons. The van der Waals surface area contributed by atoms with Gasteiger partial charge in [0, 0.05) is 52.2 Å². The summed E-state index contributed by atoms with van der Waals surface area (Å²) in [7, 11) is 0. The minimum absolute atomic E-state index is 0.0291. The number of benzene rings is 3. The normalized spacial score (nSPS) is 13.3. The van der Waals surface area contributed by atoms with Gasteiger partial charge in [-0.25, -0.2) is 0 Å². The second kappa shape index (κ2) is 7.13. The summed E-state index contributed by atoms with van der Waals surface area (Å²) < 4.78 is 4.82. The van der Waals surface area contributed by atoms with Crippen molar-refractivity contribution in [2.75, 3.05) is 0 Å². The van der Waals surface area contributed by atoms with E-state index in [0.29, 0.717) is 6.54 Å². The first-order valence-electron chi connectivity index (χ1n) is 11.2. The van der Waals surface area contributed by atoms with Gasteiger partial charge in [0.05, 0.1) is 16.6 Å². The van der Waals surface area contributed by atoms with E-state index in [2.05, 4.69) is 76.1 Å². The van der Waals surface area contributed by atoms with E-state index in [0.717, 1.165) is 53.3 Å². The number of amides is 1. The number of hydrogen-bond acceptors (Lipinski definition) is 1. The summed E-state index contributed by atoms with van der Waals surface area (Å²) >= 11 is 0. The minimum atomic E-state index is 0.0291. The highest BCUT2D eigenvalue weighted by Crippen LogP contribution is 2.44. The van der Waals surface area contributed by atoms with Crippen LogP contribution in [0.4, 0.5) is 0 Å². The lowest BCUT2D eigenvalue weighted by Gasteiger charge is -2.12. The molecule has 1 amide bonds. The summed E-state index contributed by atoms with van der Waals surface area (Å²) in [6, 6.07) is 17.0. The Morgan fingerprint density at radius 3 is 1.94 bits per heavy atom. The van der Waals surface area contributed by atoms with Gasteiger partial charge in [-0.15, -0.1) is 13.2 Å². The summed E-state index contributed by atoms with van der Waals surface area (Å²) in [4.78, 5) is 13.1. The molecule has 32 heavy (non-hydrogen) atoms. The van der Waals surface area contributed by atoms with Crippen LogP contribution in [0.3, 0.4) is 0 Å². The molecule has 3 heterocycles. The zero-order valence-corrected chi connectivity index (χ0v) is 18.0. The van der Waals surface area contributed by atoms with Gasteiger partial charge in [0.15, 0.2) is 0 Å². The van der Waals surface area contributed by atoms with Crippen molar-refractivity contribution in [1.82, 2.24) is 14.5 Å². The molecule has 0 saturated carbocycles. The number of fused-ring (bicyclic) bond motifs is 10. The smallest absolute Gasteiger partial charge is 0.252 e. The van der Waals surface area contributed by atoms with Gasteiger partial charge in [-0.3, -0.25) is 4.79 Å². The van der Waals surface area contributed by atoms with Crippen LogP contribution >= 0.6 is 0 Å². The molecule has 1 aliphatic rings. The third-order valence-corrected chi connectivity index (χ3v) is 6.79. The van der Waals surface area contributed by atoms with Gasteiger partial charge in [-0.05, 0) is 30.5 Å². The quantitative estimate of drug-likeness (QED) is 0.322. The third-order valence-electron chi connectivity index (χ3n) is 6.79. The third kappa shape index (κ3) is 2.41. The maximum atomic E-state index is 13.1. The minimum Gasteiger partial charge on any atom is -0.348 e. The Morgan fingerprint density at radius 2 is 1.34 bits per heavy atom. The summed E-state index contributed by atoms with van der Waals surface area (Å²) in [5.41, 5.74) is 6.71. The SMILES string of the molecule is C=CCCn1c2ccccc2c2c3c(c4c5ccccc5n(CCC=C)c4c21)C(=O)NC3. The van der Waals surface area contributed by atoms with Crippen LogP contribution in [-0.4, -0.2) is 15.0 Å². The van der Waals surface area contributed by atoms with Crippen LogP contribution in [-0.2, 0) is 19.6 Å². The predicted molar refractivity (Wildman–Crippen MR) is 133 cm³/mol. The summed E-state index contributed by atoms with van der Waals surface area (Å²) in [6.45, 7) is 10.2. The van der Waals surface area contributed by atoms with Gasteiger partial charge >= 0.3 is 0 Å². The summed E-state index contributed by atoms with van der Waals surface area (Å²) in [5, 5.41) is 7.74. The molecule has 4 heteroatoms. The number of nitrogens with zero attached hydrogens (tertiary/aromatic N) is 2. The first-order chi connectivity index (χ1) is 15.8. The zero-order valence-electron chi connectivity index (χ0n) is 18.0. The van der Waals surface area contributed by atoms with Gasteiger partial charge in [-0.2, -0.15) is 0 Å². The van der Waals surface area contributed by atoms with Crippen molar-refractivity contribution in [3.05, 3.63) is 85.0 Å². The van der Waals surface area contributed by atoms with Crippen molar-refractivity contribution in [3.63, 3.8) is 0 Å². The fourth-order valence-corrected chi connectivity index (χ4v) is 5.52. The molecule has 1 aliphatic heterocycles. The molecule has 0 saturated heterocycles. The molecule has 1 N–H and O–H groups in total. The van der Waals surface area contributed by atoms with E-state index in [-0.39, 0.29) is 5.91 Å². The Balaban J connectivity index is 1.94. The first-order valence-corrected chi connectivity index (χ1v) is 11.2. The molecule has 5 aromatic rings. The van der Waals surface area contributed by atoms with E-state index in [1.807, 2.05) is 12.2 Å². The molecule has 0 unspecified atom stereocenters. The largest absolute Gasteiger partial charge is 0.348 e. The van der Waals surface area contributed by atoms with E-state index in [4.69, 9.17) is 0 Å². The first kappa shape index (κ1) is 18.9. The second-order valence-electron chi connectivity index (χ2n) is 8.48. The van der Waals surface area contributed by atoms with Crippen molar-refractivity contribution in [2.24, 2.45) is 0 Å². The van der Waals surface area contributed by atoms with Gasteiger partial charge in [0.1, 0.15) is 0 Å². The molecular formula is C28H25N3O. The molecule has 2 aromatic heterocycles. The zero-order chi connectivity index (χ0) is 21.8. The van der Waals surface area contributed by atoms with E-state index >= 15 is 0 Å². The van der Waals surface area contributed by atoms with Gasteiger partial charge in [0.2, 0.25) is 0 Å². The van der Waals surface area contributed by atoms with E-state index in [9.17, 15) is 4.79 Å². The molecule has 0 aliphatic carbocycles. The molecule has 0 atom stereocenters. The molecule has 4 nitrogen and oxygen atoms in total. The monoisotopic (exact) mass is 419 g/mol. The standard InChI is InChI=1S/C28H25N3O/c1-3-5-15-30-21-13-9-7-11-18(21)23-20-17-29-28(32)25(20)24-19-12-8-10-14-22(19)31(16-6-4-2)27(24)26(23)30/h3-4,7-14H,1-2,5-6,15-17H2,(H,29,32). The fourth-order valence-electron chi connectivity index (χ4n) is 5.52. The fraction of sp³-hybridized carbons (Fsp3) is 0.179. The van der Waals surface area contributed by atoms with Crippen LogP contribution in [0.25, 0.3) is 43.6 Å². The number of para-hydroxylation sites is 2. The Bertz CT molecular complexity index is 1580. The van der Waals surface area contributed by atoms with E-state index in [1.54, 1.807) is 0 Å². The maximum absolute atomic E-state index is 13.1. The molecule has 6 rings (SSSR count). The van der Waals surface area contributed by atoms with E-state index in [1.165, 1.54) is 27.3 Å². The molecule has 3 aromatic carbocycles. The van der Waals surface area contributed by atoms with Crippen LogP contribution in [0.2, 0.25) is 0 Å². The van der Waals surface area contributed by atoms with Crippen molar-refractivity contribution in [2.45, 2.75) is 32.5 Å². The molecule has 0 fully saturated rings. The lowest BCUT2D eigenvalue weighted by Crippen LogP contribution is -2.12. The number of carbonyl (C=O) groups excluding carboxylic acids is 1. The van der Waals surface area contributed by atoms with Crippen LogP contribution < -0.4 is 5.32 Å². The van der Waals surface area contributed by atoms with Crippen LogP contribution in [0.5, 0.6) is 0 Å². The Labute approximate surface area is 186 Å². The summed E-state index contributed by atoms with van der Waals surface area (Å²) in [6.07, 6.45) is 5.69. The van der Waals surface area contributed by atoms with Crippen LogP contribution in [0, 0.1) is 0 Å². The highest BCUT2D eigenvalue weighted by molar-refractivity contribution is 6.30. The van der Waals surface area contributed by atoms with Crippen molar-refractivity contribution >= 4 is 49.5 Å². The number of aromatic nitrogens is 2. The van der Waals surface area contributed by atoms with Gasteiger partial charge in [0.25, 0.3) is 5.91 Å². The molecule has 0 radical (unpaired) electrons. The maximum Gasteiger partial charge on any atom is 0.252 e. The predicted octanol–water partition coefficient (Wildman–Crippen LogP) is 6.30. The van der Waals surface area contributed by atoms with Gasteiger partial charge < -0.3 is 14.5 Å². The molecule has 0 bridgehead atoms. The van der Waals surface area contributed by atoms with Crippen molar-refractivity contribution in [3.8, 4) is 0 Å². The number of hydrogen-bond donors (Lipinski definition) is 1. The van der Waals surface area contributed by atoms with Crippen molar-refractivity contribution in [1.29, 1.82) is 0 Å². The highest BCUT2D eigenvalue weighted by atomic mass is 16.1. The average molecular weight is 420 g/mol. The lowest BCUT2D eigenvalue weighted by molar-refractivity contribution is 0.0967. The number of aryl methyl sites for hydroxylation is 2. The summed E-state index contributed by atoms with van der Waals surface area (Å²) in [5.74, 6) is 0.0291. The number of carbonyl (C=O) groups is 1. The molecular weight excluding hydrogens is 394 g/mol. The topological polar surface area (TPSA) is 39.0 Å². The Hall–Kier alpha value is -3.79. The van der Waals surface area contributed by atoms with E-state index < -0.39 is 0 Å². The molecule has 0 spiro atoms. The lowest BCUT2D eigenvalue weighted by atomic mass is 9.97. The number of rotatable bonds is 6. The highest BCUT2D eigenvalue weighted by Gasteiger charge is 2.31. The average Bonchev–Trinajstić information content (AvgIpc) is 3.46. The Kier molecular flexibility index (Phi) is 4.22. The van der Waals surface area contributed by atoms with Crippen molar-refractivity contribution < 1.29 is 4.79 Å². The second-order valence-corrected chi connectivity index (χ2v) is 8.48. The van der Waals surface area contributed by atoms with Gasteiger partial charge in [-0.1, -0.05) is 48.6 Å². The Morgan fingerprint density at radius 1 is 0.812 bits per heavy atom. The number of allylic oxidation sites excluding steroid dienone is 2. The van der Waals surface area contributed by atoms with Crippen LogP contribution in [0.1, 0.15) is 28.8 Å².